The van der Waals surface area contributed by atoms with Gasteiger partial charge < -0.3 is 4.74 Å². The van der Waals surface area contributed by atoms with Crippen LogP contribution in [0, 0.1) is 6.92 Å². The van der Waals surface area contributed by atoms with Gasteiger partial charge in [-0.15, -0.1) is 0 Å². The lowest BCUT2D eigenvalue weighted by Gasteiger charge is -2.06. The maximum atomic E-state index is 11.4. The predicted octanol–water partition coefficient (Wildman–Crippen LogP) is 3.19. The van der Waals surface area contributed by atoms with E-state index in [0.717, 1.165) is 16.5 Å². The van der Waals surface area contributed by atoms with Gasteiger partial charge in [-0.2, -0.15) is 0 Å². The number of methoxy groups -OCH3 is 1. The smallest absolute Gasteiger partial charge is 0.338 e. The molecule has 0 heterocycles. The molecular weight excluding hydrogens is 256 g/mol. The van der Waals surface area contributed by atoms with Crippen molar-refractivity contribution in [1.82, 2.24) is 0 Å². The minimum absolute atomic E-state index is 0.290. The first kappa shape index (κ1) is 12.0. The number of halogens is 1. The lowest BCUT2D eigenvalue weighted by atomic mass is 10.0. The number of ether oxygens (including phenoxy) is 1. The maximum Gasteiger partial charge on any atom is 0.338 e. The standard InChI is InChI=1S/C12H13BrO2/c1-9-10(6-4-8-13)5-3-7-11(9)12(14)15-2/h3-7H,8H2,1-2H3. The van der Waals surface area contributed by atoms with Crippen LogP contribution in [0.25, 0.3) is 6.08 Å². The van der Waals surface area contributed by atoms with Crippen molar-refractivity contribution in [2.24, 2.45) is 0 Å². The Kier molecular flexibility index (Phi) is 4.56. The quantitative estimate of drug-likeness (QED) is 0.622. The Labute approximate surface area is 98.1 Å². The highest BCUT2D eigenvalue weighted by molar-refractivity contribution is 9.09. The van der Waals surface area contributed by atoms with Gasteiger partial charge in [-0.1, -0.05) is 40.2 Å². The average Bonchev–Trinajstić information content (AvgIpc) is 2.27. The Morgan fingerprint density at radius 1 is 1.53 bits per heavy atom. The monoisotopic (exact) mass is 268 g/mol. The van der Waals surface area contributed by atoms with E-state index in [4.69, 9.17) is 4.74 Å². The first-order valence-corrected chi connectivity index (χ1v) is 5.73. The zero-order valence-electron chi connectivity index (χ0n) is 8.79. The number of benzene rings is 1. The van der Waals surface area contributed by atoms with Crippen LogP contribution in [0.2, 0.25) is 0 Å². The van der Waals surface area contributed by atoms with Crippen molar-refractivity contribution in [2.45, 2.75) is 6.92 Å². The molecule has 0 unspecified atom stereocenters. The van der Waals surface area contributed by atoms with Gasteiger partial charge in [-0.05, 0) is 24.1 Å². The van der Waals surface area contributed by atoms with Crippen molar-refractivity contribution in [3.05, 3.63) is 41.0 Å². The molecule has 0 aliphatic heterocycles. The summed E-state index contributed by atoms with van der Waals surface area (Å²) in [5.41, 5.74) is 2.60. The van der Waals surface area contributed by atoms with Crippen LogP contribution in [0.15, 0.2) is 24.3 Å². The van der Waals surface area contributed by atoms with Crippen molar-refractivity contribution >= 4 is 28.0 Å². The Morgan fingerprint density at radius 3 is 2.87 bits per heavy atom. The lowest BCUT2D eigenvalue weighted by Crippen LogP contribution is -2.04. The van der Waals surface area contributed by atoms with Crippen molar-refractivity contribution in [3.63, 3.8) is 0 Å². The van der Waals surface area contributed by atoms with E-state index in [1.54, 1.807) is 6.07 Å². The van der Waals surface area contributed by atoms with Crippen molar-refractivity contribution < 1.29 is 9.53 Å². The normalized spacial score (nSPS) is 10.6. The van der Waals surface area contributed by atoms with Crippen molar-refractivity contribution in [2.75, 3.05) is 12.4 Å². The molecule has 0 radical (unpaired) electrons. The van der Waals surface area contributed by atoms with Gasteiger partial charge in [0.1, 0.15) is 0 Å². The fourth-order valence-corrected chi connectivity index (χ4v) is 1.52. The van der Waals surface area contributed by atoms with Crippen LogP contribution in [-0.2, 0) is 4.74 Å². The largest absolute Gasteiger partial charge is 0.465 e. The molecule has 0 spiro atoms. The van der Waals surface area contributed by atoms with Gasteiger partial charge in [0.2, 0.25) is 0 Å². The molecule has 2 nitrogen and oxygen atoms in total. The SMILES string of the molecule is COC(=O)c1cccc(C=CCBr)c1C. The van der Waals surface area contributed by atoms with Crippen molar-refractivity contribution in [3.8, 4) is 0 Å². The number of esters is 1. The fraction of sp³-hybridized carbons (Fsp3) is 0.250. The van der Waals surface area contributed by atoms with E-state index in [-0.39, 0.29) is 5.97 Å². The molecule has 80 valence electrons. The molecule has 1 aromatic rings. The molecule has 0 aliphatic carbocycles. The van der Waals surface area contributed by atoms with Gasteiger partial charge in [0, 0.05) is 5.33 Å². The third-order valence-corrected chi connectivity index (χ3v) is 2.54. The van der Waals surface area contributed by atoms with E-state index in [1.807, 2.05) is 31.2 Å². The molecule has 0 saturated carbocycles. The second kappa shape index (κ2) is 5.71. The van der Waals surface area contributed by atoms with Crippen LogP contribution in [0.1, 0.15) is 21.5 Å². The number of rotatable bonds is 3. The zero-order chi connectivity index (χ0) is 11.3. The van der Waals surface area contributed by atoms with Crippen molar-refractivity contribution in [1.29, 1.82) is 0 Å². The molecule has 0 fully saturated rings. The Morgan fingerprint density at radius 2 is 2.27 bits per heavy atom. The van der Waals surface area contributed by atoms with E-state index in [0.29, 0.717) is 5.56 Å². The highest BCUT2D eigenvalue weighted by atomic mass is 79.9. The first-order chi connectivity index (χ1) is 7.20. The predicted molar refractivity (Wildman–Crippen MR) is 65.3 cm³/mol. The van der Waals surface area contributed by atoms with Crippen LogP contribution in [0.5, 0.6) is 0 Å². The molecule has 0 N–H and O–H groups in total. The minimum atomic E-state index is -0.290. The first-order valence-electron chi connectivity index (χ1n) is 4.61. The molecule has 0 bridgehead atoms. The highest BCUT2D eigenvalue weighted by Crippen LogP contribution is 2.16. The fourth-order valence-electron chi connectivity index (χ4n) is 1.34. The molecule has 1 aromatic carbocycles. The summed E-state index contributed by atoms with van der Waals surface area (Å²) in [5, 5.41) is 0.800. The molecule has 0 aliphatic rings. The summed E-state index contributed by atoms with van der Waals surface area (Å²) in [7, 11) is 1.39. The molecule has 3 heteroatoms. The summed E-state index contributed by atoms with van der Waals surface area (Å²) in [6.07, 6.45) is 3.97. The van der Waals surface area contributed by atoms with E-state index in [1.165, 1.54) is 7.11 Å². The second-order valence-corrected chi connectivity index (χ2v) is 3.72. The topological polar surface area (TPSA) is 26.3 Å². The lowest BCUT2D eigenvalue weighted by molar-refractivity contribution is 0.0600. The molecule has 0 atom stereocenters. The summed E-state index contributed by atoms with van der Waals surface area (Å²) in [5.74, 6) is -0.290. The van der Waals surface area contributed by atoms with Gasteiger partial charge in [0.05, 0.1) is 12.7 Å². The summed E-state index contributed by atoms with van der Waals surface area (Å²) in [6, 6.07) is 5.60. The van der Waals surface area contributed by atoms with Crippen LogP contribution in [-0.4, -0.2) is 18.4 Å². The second-order valence-electron chi connectivity index (χ2n) is 3.07. The molecule has 0 aromatic heterocycles. The number of hydrogen-bond acceptors (Lipinski definition) is 2. The van der Waals surface area contributed by atoms with E-state index < -0.39 is 0 Å². The zero-order valence-corrected chi connectivity index (χ0v) is 10.4. The van der Waals surface area contributed by atoms with Gasteiger partial charge in [0.15, 0.2) is 0 Å². The van der Waals surface area contributed by atoms with Crippen LogP contribution in [0.3, 0.4) is 0 Å². The summed E-state index contributed by atoms with van der Waals surface area (Å²) in [4.78, 5) is 11.4. The third-order valence-electron chi connectivity index (χ3n) is 2.17. The maximum absolute atomic E-state index is 11.4. The minimum Gasteiger partial charge on any atom is -0.465 e. The molecular formula is C12H13BrO2. The summed E-state index contributed by atoms with van der Waals surface area (Å²) in [6.45, 7) is 1.92. The van der Waals surface area contributed by atoms with E-state index in [2.05, 4.69) is 15.9 Å². The van der Waals surface area contributed by atoms with Crippen LogP contribution in [0.4, 0.5) is 0 Å². The molecule has 0 amide bonds. The molecule has 15 heavy (non-hydrogen) atoms. The number of carbonyl (C=O) groups excluding carboxylic acids is 1. The highest BCUT2D eigenvalue weighted by Gasteiger charge is 2.09. The number of hydrogen-bond donors (Lipinski definition) is 0. The summed E-state index contributed by atoms with van der Waals surface area (Å²) >= 11 is 3.31. The number of alkyl halides is 1. The van der Waals surface area contributed by atoms with Crippen LogP contribution >= 0.6 is 15.9 Å². The molecule has 0 saturated heterocycles. The number of carbonyl (C=O) groups is 1. The Bertz CT molecular complexity index is 383. The van der Waals surface area contributed by atoms with E-state index in [9.17, 15) is 4.79 Å². The molecule has 1 rings (SSSR count). The summed E-state index contributed by atoms with van der Waals surface area (Å²) < 4.78 is 4.70. The van der Waals surface area contributed by atoms with Gasteiger partial charge in [-0.25, -0.2) is 4.79 Å². The van der Waals surface area contributed by atoms with Crippen LogP contribution < -0.4 is 0 Å². The number of allylic oxidation sites excluding steroid dienone is 1. The van der Waals surface area contributed by atoms with E-state index >= 15 is 0 Å². The van der Waals surface area contributed by atoms with Gasteiger partial charge >= 0.3 is 5.97 Å². The third kappa shape index (κ3) is 2.93. The van der Waals surface area contributed by atoms with Gasteiger partial charge in [-0.3, -0.25) is 0 Å². The Hall–Kier alpha value is -1.09. The van der Waals surface area contributed by atoms with Gasteiger partial charge in [0.25, 0.3) is 0 Å². The average molecular weight is 269 g/mol. The Balaban J connectivity index is 3.11.